The first kappa shape index (κ1) is 10.7. The van der Waals surface area contributed by atoms with Crippen LogP contribution in [0.2, 0.25) is 0 Å². The lowest BCUT2D eigenvalue weighted by atomic mass is 10.2. The highest BCUT2D eigenvalue weighted by molar-refractivity contribution is 5.08. The van der Waals surface area contributed by atoms with Crippen molar-refractivity contribution in [2.45, 2.75) is 19.5 Å². The normalized spacial score (nSPS) is 12.3. The van der Waals surface area contributed by atoms with Gasteiger partial charge in [0.1, 0.15) is 0 Å². The molecule has 0 aliphatic carbocycles. The van der Waals surface area contributed by atoms with Gasteiger partial charge in [0.2, 0.25) is 0 Å². The minimum Gasteiger partial charge on any atom is -0.303 e. The summed E-state index contributed by atoms with van der Waals surface area (Å²) in [6.07, 6.45) is 3.47. The van der Waals surface area contributed by atoms with Gasteiger partial charge in [-0.1, -0.05) is 6.07 Å². The zero-order valence-electron chi connectivity index (χ0n) is 9.17. The lowest BCUT2D eigenvalue weighted by Crippen LogP contribution is -2.19. The molecular formula is C12H14N4. The Morgan fingerprint density at radius 3 is 2.81 bits per heavy atom. The van der Waals surface area contributed by atoms with E-state index in [1.807, 2.05) is 30.3 Å². The summed E-state index contributed by atoms with van der Waals surface area (Å²) in [5.41, 5.74) is 1.97. The molecule has 4 heteroatoms. The first-order valence-corrected chi connectivity index (χ1v) is 5.27. The average Bonchev–Trinajstić information content (AvgIpc) is 2.38. The van der Waals surface area contributed by atoms with Gasteiger partial charge in [-0.15, -0.1) is 0 Å². The monoisotopic (exact) mass is 214 g/mol. The van der Waals surface area contributed by atoms with Gasteiger partial charge < -0.3 is 5.32 Å². The van der Waals surface area contributed by atoms with Crippen molar-refractivity contribution in [2.75, 3.05) is 0 Å². The van der Waals surface area contributed by atoms with Crippen LogP contribution >= 0.6 is 0 Å². The predicted molar refractivity (Wildman–Crippen MR) is 61.5 cm³/mol. The Balaban J connectivity index is 1.92. The summed E-state index contributed by atoms with van der Waals surface area (Å²) in [4.78, 5) is 4.29. The van der Waals surface area contributed by atoms with E-state index in [0.29, 0.717) is 6.54 Å². The van der Waals surface area contributed by atoms with Crippen molar-refractivity contribution in [3.8, 4) is 0 Å². The van der Waals surface area contributed by atoms with E-state index >= 15 is 0 Å². The Bertz CT molecular complexity index is 416. The van der Waals surface area contributed by atoms with E-state index in [0.717, 1.165) is 11.4 Å². The third-order valence-corrected chi connectivity index (χ3v) is 2.35. The van der Waals surface area contributed by atoms with E-state index in [1.165, 1.54) is 0 Å². The molecule has 82 valence electrons. The van der Waals surface area contributed by atoms with Crippen LogP contribution in [0.25, 0.3) is 0 Å². The number of nitrogens with zero attached hydrogens (tertiary/aromatic N) is 3. The summed E-state index contributed by atoms with van der Waals surface area (Å²) in [6.45, 7) is 2.78. The van der Waals surface area contributed by atoms with Gasteiger partial charge in [0.05, 0.1) is 11.4 Å². The van der Waals surface area contributed by atoms with Crippen molar-refractivity contribution in [1.29, 1.82) is 0 Å². The number of nitrogens with one attached hydrogen (secondary N) is 1. The summed E-state index contributed by atoms with van der Waals surface area (Å²) >= 11 is 0. The molecule has 0 spiro atoms. The van der Waals surface area contributed by atoms with Gasteiger partial charge in [0.15, 0.2) is 0 Å². The molecule has 2 aromatic heterocycles. The average molecular weight is 214 g/mol. The Morgan fingerprint density at radius 2 is 2.12 bits per heavy atom. The van der Waals surface area contributed by atoms with Crippen LogP contribution in [0.3, 0.4) is 0 Å². The highest BCUT2D eigenvalue weighted by Gasteiger charge is 2.05. The van der Waals surface area contributed by atoms with Crippen LogP contribution in [0.15, 0.2) is 42.7 Å². The van der Waals surface area contributed by atoms with Gasteiger partial charge in [0.25, 0.3) is 0 Å². The fraction of sp³-hybridized carbons (Fsp3) is 0.250. The van der Waals surface area contributed by atoms with Crippen molar-refractivity contribution < 1.29 is 0 Å². The molecule has 0 radical (unpaired) electrons. The molecule has 2 rings (SSSR count). The van der Waals surface area contributed by atoms with Crippen LogP contribution in [0.4, 0.5) is 0 Å². The Labute approximate surface area is 94.8 Å². The second-order valence-electron chi connectivity index (χ2n) is 3.57. The van der Waals surface area contributed by atoms with Gasteiger partial charge in [-0.2, -0.15) is 10.2 Å². The maximum Gasteiger partial charge on any atom is 0.0769 e. The summed E-state index contributed by atoms with van der Waals surface area (Å²) in [5.74, 6) is 0. The summed E-state index contributed by atoms with van der Waals surface area (Å²) in [5, 5.41) is 11.2. The van der Waals surface area contributed by atoms with Crippen LogP contribution in [0, 0.1) is 0 Å². The molecule has 0 aliphatic rings. The van der Waals surface area contributed by atoms with Gasteiger partial charge in [-0.25, -0.2) is 0 Å². The molecule has 1 unspecified atom stereocenters. The number of aromatic nitrogens is 3. The molecule has 0 aromatic carbocycles. The first-order valence-electron chi connectivity index (χ1n) is 5.27. The molecule has 2 aromatic rings. The van der Waals surface area contributed by atoms with Gasteiger partial charge in [-0.3, -0.25) is 4.98 Å². The van der Waals surface area contributed by atoms with Crippen molar-refractivity contribution >= 4 is 0 Å². The largest absolute Gasteiger partial charge is 0.303 e. The van der Waals surface area contributed by atoms with E-state index in [2.05, 4.69) is 27.4 Å². The summed E-state index contributed by atoms with van der Waals surface area (Å²) in [6, 6.07) is 9.96. The third kappa shape index (κ3) is 2.84. The zero-order valence-corrected chi connectivity index (χ0v) is 9.17. The van der Waals surface area contributed by atoms with Crippen molar-refractivity contribution in [3.63, 3.8) is 0 Å². The van der Waals surface area contributed by atoms with Gasteiger partial charge in [0, 0.05) is 25.0 Å². The fourth-order valence-electron chi connectivity index (χ4n) is 1.42. The molecule has 2 heterocycles. The van der Waals surface area contributed by atoms with E-state index in [9.17, 15) is 0 Å². The maximum absolute atomic E-state index is 4.29. The summed E-state index contributed by atoms with van der Waals surface area (Å²) in [7, 11) is 0. The standard InChI is InChI=1S/C12H14N4/c1-10(12-6-2-3-7-13-12)14-9-11-5-4-8-15-16-11/h2-8,10,14H,9H2,1H3. The number of pyridine rings is 1. The van der Waals surface area contributed by atoms with Crippen LogP contribution in [-0.2, 0) is 6.54 Å². The quantitative estimate of drug-likeness (QED) is 0.842. The smallest absolute Gasteiger partial charge is 0.0769 e. The highest BCUT2D eigenvalue weighted by atomic mass is 15.1. The minimum absolute atomic E-state index is 0.211. The third-order valence-electron chi connectivity index (χ3n) is 2.35. The lowest BCUT2D eigenvalue weighted by molar-refractivity contribution is 0.552. The molecule has 0 aliphatic heterocycles. The molecule has 0 fully saturated rings. The Kier molecular flexibility index (Phi) is 3.56. The Morgan fingerprint density at radius 1 is 1.19 bits per heavy atom. The number of rotatable bonds is 4. The highest BCUT2D eigenvalue weighted by Crippen LogP contribution is 2.08. The molecule has 0 saturated carbocycles. The van der Waals surface area contributed by atoms with E-state index in [1.54, 1.807) is 12.4 Å². The fourth-order valence-corrected chi connectivity index (χ4v) is 1.42. The molecule has 1 atom stereocenters. The Hall–Kier alpha value is -1.81. The molecule has 1 N–H and O–H groups in total. The summed E-state index contributed by atoms with van der Waals surface area (Å²) < 4.78 is 0. The molecular weight excluding hydrogens is 200 g/mol. The van der Waals surface area contributed by atoms with Crippen molar-refractivity contribution in [2.24, 2.45) is 0 Å². The van der Waals surface area contributed by atoms with Crippen LogP contribution in [-0.4, -0.2) is 15.2 Å². The second kappa shape index (κ2) is 5.32. The minimum atomic E-state index is 0.211. The van der Waals surface area contributed by atoms with Gasteiger partial charge >= 0.3 is 0 Å². The predicted octanol–water partition coefficient (Wildman–Crippen LogP) is 1.72. The molecule has 0 saturated heterocycles. The second-order valence-corrected chi connectivity index (χ2v) is 3.57. The van der Waals surface area contributed by atoms with Crippen molar-refractivity contribution in [3.05, 3.63) is 54.1 Å². The van der Waals surface area contributed by atoms with Crippen LogP contribution < -0.4 is 5.32 Å². The molecule has 16 heavy (non-hydrogen) atoms. The molecule has 0 amide bonds. The van der Waals surface area contributed by atoms with Crippen LogP contribution in [0.5, 0.6) is 0 Å². The lowest BCUT2D eigenvalue weighted by Gasteiger charge is -2.12. The number of hydrogen-bond donors (Lipinski definition) is 1. The molecule has 4 nitrogen and oxygen atoms in total. The van der Waals surface area contributed by atoms with E-state index in [4.69, 9.17) is 0 Å². The SMILES string of the molecule is CC(NCc1cccnn1)c1ccccn1. The topological polar surface area (TPSA) is 50.7 Å². The number of hydrogen-bond acceptors (Lipinski definition) is 4. The van der Waals surface area contributed by atoms with E-state index in [-0.39, 0.29) is 6.04 Å². The van der Waals surface area contributed by atoms with Crippen molar-refractivity contribution in [1.82, 2.24) is 20.5 Å². The van der Waals surface area contributed by atoms with E-state index < -0.39 is 0 Å². The molecule has 0 bridgehead atoms. The van der Waals surface area contributed by atoms with Crippen LogP contribution in [0.1, 0.15) is 24.4 Å². The van der Waals surface area contributed by atoms with Gasteiger partial charge in [-0.05, 0) is 31.2 Å². The zero-order chi connectivity index (χ0) is 11.2. The maximum atomic E-state index is 4.29. The first-order chi connectivity index (χ1) is 7.86.